The minimum absolute atomic E-state index is 0.0929. The zero-order chi connectivity index (χ0) is 22.4. The predicted molar refractivity (Wildman–Crippen MR) is 134 cm³/mol. The monoisotopic (exact) mass is 440 g/mol. The summed E-state index contributed by atoms with van der Waals surface area (Å²) in [5, 5.41) is 5.13. The largest absolute Gasteiger partial charge is 0.481 e. The fourth-order valence-electron chi connectivity index (χ4n) is 4.65. The third-order valence-electron chi connectivity index (χ3n) is 6.10. The van der Waals surface area contributed by atoms with Gasteiger partial charge in [0.2, 0.25) is 0 Å². The molecule has 32 heavy (non-hydrogen) atoms. The maximum atomic E-state index is 11.6. The van der Waals surface area contributed by atoms with E-state index >= 15 is 0 Å². The van der Waals surface area contributed by atoms with E-state index in [1.54, 1.807) is 0 Å². The quantitative estimate of drug-likeness (QED) is 0.274. The predicted octanol–water partition coefficient (Wildman–Crippen LogP) is 7.35. The Kier molecular flexibility index (Phi) is 5.10. The second kappa shape index (κ2) is 7.95. The average molecular weight is 441 g/mol. The van der Waals surface area contributed by atoms with E-state index in [1.165, 1.54) is 49.2 Å². The van der Waals surface area contributed by atoms with Gasteiger partial charge < -0.3 is 9.47 Å². The van der Waals surface area contributed by atoms with Crippen LogP contribution in [0, 0.1) is 20.8 Å². The van der Waals surface area contributed by atoms with E-state index in [2.05, 4.69) is 67.6 Å². The Morgan fingerprint density at radius 2 is 1.50 bits per heavy atom. The van der Waals surface area contributed by atoms with Crippen molar-refractivity contribution < 1.29 is 14.3 Å². The highest BCUT2D eigenvalue weighted by Gasteiger charge is 2.19. The standard InChI is InChI=1S/C28H24O3S/c1-16-13-19(14-17(2)27(16)31-15-24(29)30-4)25-21-10-6-5-9-20(21)18(3)28-26(25)22-11-7-8-12-23(22)32-28/h5-14H,15H2,1-4H3. The van der Waals surface area contributed by atoms with Crippen molar-refractivity contribution in [2.75, 3.05) is 13.7 Å². The van der Waals surface area contributed by atoms with E-state index in [0.29, 0.717) is 0 Å². The van der Waals surface area contributed by atoms with Gasteiger partial charge in [0.1, 0.15) is 5.75 Å². The molecule has 0 N–H and O–H groups in total. The Labute approximate surface area is 191 Å². The molecule has 160 valence electrons. The third-order valence-corrected chi connectivity index (χ3v) is 7.39. The molecule has 0 aliphatic rings. The van der Waals surface area contributed by atoms with E-state index in [-0.39, 0.29) is 12.6 Å². The third kappa shape index (κ3) is 3.23. The van der Waals surface area contributed by atoms with Crippen LogP contribution in [-0.4, -0.2) is 19.7 Å². The minimum Gasteiger partial charge on any atom is -0.481 e. The number of aryl methyl sites for hydroxylation is 3. The molecule has 0 aliphatic carbocycles. The number of ether oxygens (including phenoxy) is 2. The number of fused-ring (bicyclic) bond motifs is 4. The summed E-state index contributed by atoms with van der Waals surface area (Å²) in [6.07, 6.45) is 0. The summed E-state index contributed by atoms with van der Waals surface area (Å²) in [6, 6.07) is 21.6. The van der Waals surface area contributed by atoms with Crippen LogP contribution in [0.15, 0.2) is 60.7 Å². The molecule has 0 amide bonds. The Balaban J connectivity index is 1.82. The molecular formula is C28H24O3S. The lowest BCUT2D eigenvalue weighted by Gasteiger charge is -2.17. The maximum Gasteiger partial charge on any atom is 0.343 e. The van der Waals surface area contributed by atoms with Gasteiger partial charge in [-0.15, -0.1) is 11.3 Å². The highest BCUT2D eigenvalue weighted by atomic mass is 32.1. The number of esters is 1. The van der Waals surface area contributed by atoms with Crippen LogP contribution in [0.5, 0.6) is 5.75 Å². The summed E-state index contributed by atoms with van der Waals surface area (Å²) >= 11 is 1.86. The zero-order valence-corrected chi connectivity index (χ0v) is 19.4. The van der Waals surface area contributed by atoms with Crippen LogP contribution in [0.1, 0.15) is 16.7 Å². The van der Waals surface area contributed by atoms with Crippen molar-refractivity contribution in [3.05, 3.63) is 77.4 Å². The van der Waals surface area contributed by atoms with Gasteiger partial charge in [0.25, 0.3) is 0 Å². The van der Waals surface area contributed by atoms with Gasteiger partial charge in [0.05, 0.1) is 7.11 Å². The fraction of sp³-hybridized carbons (Fsp3) is 0.179. The lowest BCUT2D eigenvalue weighted by Crippen LogP contribution is -2.13. The summed E-state index contributed by atoms with van der Waals surface area (Å²) < 4.78 is 13.1. The van der Waals surface area contributed by atoms with E-state index in [0.717, 1.165) is 22.4 Å². The SMILES string of the molecule is COC(=O)COc1c(C)cc(-c2c3ccccc3c(C)c3sc4ccccc4c23)cc1C. The molecule has 0 saturated carbocycles. The molecule has 4 aromatic carbocycles. The second-order valence-corrected chi connectivity index (χ2v) is 9.20. The van der Waals surface area contributed by atoms with Crippen molar-refractivity contribution >= 4 is 48.3 Å². The van der Waals surface area contributed by atoms with Crippen LogP contribution in [0.3, 0.4) is 0 Å². The van der Waals surface area contributed by atoms with E-state index in [1.807, 2.05) is 25.2 Å². The molecule has 0 radical (unpaired) electrons. The first-order chi connectivity index (χ1) is 15.5. The fourth-order valence-corrected chi connectivity index (χ4v) is 5.88. The molecule has 4 heteroatoms. The number of hydrogen-bond donors (Lipinski definition) is 0. The molecule has 0 spiro atoms. The van der Waals surface area contributed by atoms with Gasteiger partial charge in [-0.3, -0.25) is 0 Å². The lowest BCUT2D eigenvalue weighted by atomic mass is 9.89. The van der Waals surface area contributed by atoms with Crippen molar-refractivity contribution in [2.24, 2.45) is 0 Å². The van der Waals surface area contributed by atoms with Crippen LogP contribution in [0.4, 0.5) is 0 Å². The second-order valence-electron chi connectivity index (χ2n) is 8.15. The molecule has 0 saturated heterocycles. The number of benzene rings is 4. The molecule has 1 aromatic heterocycles. The summed E-state index contributed by atoms with van der Waals surface area (Å²) in [7, 11) is 1.37. The normalized spacial score (nSPS) is 11.4. The van der Waals surface area contributed by atoms with Gasteiger partial charge in [-0.25, -0.2) is 4.79 Å². The van der Waals surface area contributed by atoms with Crippen LogP contribution in [-0.2, 0) is 9.53 Å². The smallest absolute Gasteiger partial charge is 0.343 e. The number of thiophene rings is 1. The van der Waals surface area contributed by atoms with Gasteiger partial charge in [-0.2, -0.15) is 0 Å². The number of hydrogen-bond acceptors (Lipinski definition) is 4. The van der Waals surface area contributed by atoms with Gasteiger partial charge in [0, 0.05) is 20.2 Å². The summed E-state index contributed by atoms with van der Waals surface area (Å²) in [5.41, 5.74) is 5.74. The molecule has 5 rings (SSSR count). The molecule has 1 heterocycles. The Morgan fingerprint density at radius 1 is 0.875 bits per heavy atom. The van der Waals surface area contributed by atoms with Crippen molar-refractivity contribution in [1.82, 2.24) is 0 Å². The van der Waals surface area contributed by atoms with Crippen LogP contribution >= 0.6 is 11.3 Å². The highest BCUT2D eigenvalue weighted by Crippen LogP contribution is 2.47. The van der Waals surface area contributed by atoms with Gasteiger partial charge >= 0.3 is 5.97 Å². The van der Waals surface area contributed by atoms with Crippen molar-refractivity contribution in [2.45, 2.75) is 20.8 Å². The van der Waals surface area contributed by atoms with E-state index in [9.17, 15) is 4.79 Å². The zero-order valence-electron chi connectivity index (χ0n) is 18.6. The number of rotatable bonds is 4. The van der Waals surface area contributed by atoms with Crippen molar-refractivity contribution in [3.8, 4) is 16.9 Å². The first kappa shape index (κ1) is 20.5. The number of methoxy groups -OCH3 is 1. The molecule has 0 atom stereocenters. The molecule has 5 aromatic rings. The van der Waals surface area contributed by atoms with Crippen molar-refractivity contribution in [3.63, 3.8) is 0 Å². The van der Waals surface area contributed by atoms with Crippen LogP contribution in [0.25, 0.3) is 42.1 Å². The first-order valence-electron chi connectivity index (χ1n) is 10.6. The first-order valence-corrected chi connectivity index (χ1v) is 11.4. The van der Waals surface area contributed by atoms with E-state index < -0.39 is 0 Å². The van der Waals surface area contributed by atoms with Gasteiger partial charge in [-0.1, -0.05) is 42.5 Å². The summed E-state index contributed by atoms with van der Waals surface area (Å²) in [6.45, 7) is 6.19. The maximum absolute atomic E-state index is 11.6. The molecule has 0 aliphatic heterocycles. The van der Waals surface area contributed by atoms with E-state index in [4.69, 9.17) is 9.47 Å². The topological polar surface area (TPSA) is 35.5 Å². The summed E-state index contributed by atoms with van der Waals surface area (Å²) in [5.74, 6) is 0.353. The summed E-state index contributed by atoms with van der Waals surface area (Å²) in [4.78, 5) is 11.6. The molecule has 0 unspecified atom stereocenters. The minimum atomic E-state index is -0.385. The van der Waals surface area contributed by atoms with Gasteiger partial charge in [-0.05, 0) is 77.6 Å². The van der Waals surface area contributed by atoms with Crippen LogP contribution < -0.4 is 4.74 Å². The number of carbonyl (C=O) groups excluding carboxylic acids is 1. The highest BCUT2D eigenvalue weighted by molar-refractivity contribution is 7.26. The molecular weight excluding hydrogens is 416 g/mol. The molecule has 0 bridgehead atoms. The Morgan fingerprint density at radius 3 is 2.19 bits per heavy atom. The average Bonchev–Trinajstić information content (AvgIpc) is 3.18. The lowest BCUT2D eigenvalue weighted by molar-refractivity contribution is -0.142. The molecule has 0 fully saturated rings. The Bertz CT molecular complexity index is 1490. The Hall–Kier alpha value is -3.37. The van der Waals surface area contributed by atoms with Gasteiger partial charge in [0.15, 0.2) is 6.61 Å². The van der Waals surface area contributed by atoms with Crippen LogP contribution in [0.2, 0.25) is 0 Å². The molecule has 3 nitrogen and oxygen atoms in total. The number of carbonyl (C=O) groups is 1. The van der Waals surface area contributed by atoms with Crippen molar-refractivity contribution in [1.29, 1.82) is 0 Å².